The smallest absolute Gasteiger partial charge is 0.227 e. The van der Waals surface area contributed by atoms with Gasteiger partial charge in [0.2, 0.25) is 5.91 Å². The van der Waals surface area contributed by atoms with Crippen LogP contribution in [0.5, 0.6) is 0 Å². The Bertz CT molecular complexity index is 873. The van der Waals surface area contributed by atoms with E-state index in [0.29, 0.717) is 6.54 Å². The molecule has 0 bridgehead atoms. The molecule has 3 aromatic carbocycles. The van der Waals surface area contributed by atoms with E-state index >= 15 is 0 Å². The first kappa shape index (κ1) is 16.5. The SMILES string of the molecule is CN(Cc1ccc2ccccc2c1)C(=O)Cc1c(F)cccc1Cl. The fourth-order valence-electron chi connectivity index (χ4n) is 2.69. The van der Waals surface area contributed by atoms with Gasteiger partial charge in [0.15, 0.2) is 0 Å². The summed E-state index contributed by atoms with van der Waals surface area (Å²) < 4.78 is 13.8. The van der Waals surface area contributed by atoms with Gasteiger partial charge in [-0.2, -0.15) is 0 Å². The molecule has 0 unspecified atom stereocenters. The minimum absolute atomic E-state index is 0.0460. The van der Waals surface area contributed by atoms with E-state index in [2.05, 4.69) is 6.07 Å². The molecule has 0 aromatic heterocycles. The van der Waals surface area contributed by atoms with E-state index in [9.17, 15) is 9.18 Å². The zero-order valence-corrected chi connectivity index (χ0v) is 14.1. The molecule has 0 atom stereocenters. The molecule has 0 heterocycles. The number of carbonyl (C=O) groups excluding carboxylic acids is 1. The second kappa shape index (κ2) is 7.02. The first-order valence-corrected chi connectivity index (χ1v) is 8.07. The molecule has 0 radical (unpaired) electrons. The summed E-state index contributed by atoms with van der Waals surface area (Å²) in [7, 11) is 1.71. The highest BCUT2D eigenvalue weighted by atomic mass is 35.5. The van der Waals surface area contributed by atoms with Crippen LogP contribution in [0.25, 0.3) is 10.8 Å². The third kappa shape index (κ3) is 3.57. The summed E-state index contributed by atoms with van der Waals surface area (Å²) >= 11 is 5.99. The standard InChI is InChI=1S/C20H17ClFNO/c1-23(20(24)12-17-18(21)7-4-8-19(17)22)13-14-9-10-15-5-2-3-6-16(15)11-14/h2-11H,12-13H2,1H3. The fourth-order valence-corrected chi connectivity index (χ4v) is 2.92. The summed E-state index contributed by atoms with van der Waals surface area (Å²) in [6.07, 6.45) is -0.0460. The van der Waals surface area contributed by atoms with Gasteiger partial charge in [-0.1, -0.05) is 54.1 Å². The number of fused-ring (bicyclic) bond motifs is 1. The molecule has 2 nitrogen and oxygen atoms in total. The van der Waals surface area contributed by atoms with Gasteiger partial charge in [0.25, 0.3) is 0 Å². The molecule has 0 aliphatic rings. The van der Waals surface area contributed by atoms with E-state index in [-0.39, 0.29) is 22.9 Å². The molecule has 0 saturated heterocycles. The maximum absolute atomic E-state index is 13.8. The topological polar surface area (TPSA) is 20.3 Å². The molecule has 0 spiro atoms. The molecular weight excluding hydrogens is 325 g/mol. The van der Waals surface area contributed by atoms with E-state index in [4.69, 9.17) is 11.6 Å². The van der Waals surface area contributed by atoms with Gasteiger partial charge in [-0.3, -0.25) is 4.79 Å². The third-order valence-electron chi connectivity index (χ3n) is 4.05. The normalized spacial score (nSPS) is 10.8. The van der Waals surface area contributed by atoms with E-state index in [1.165, 1.54) is 12.1 Å². The Labute approximate surface area is 145 Å². The first-order chi connectivity index (χ1) is 11.5. The zero-order chi connectivity index (χ0) is 17.1. The first-order valence-electron chi connectivity index (χ1n) is 7.69. The minimum atomic E-state index is -0.449. The zero-order valence-electron chi connectivity index (χ0n) is 13.3. The van der Waals surface area contributed by atoms with Crippen LogP contribution in [0.2, 0.25) is 5.02 Å². The highest BCUT2D eigenvalue weighted by Gasteiger charge is 2.15. The van der Waals surface area contributed by atoms with Crippen molar-refractivity contribution in [3.05, 3.63) is 82.6 Å². The summed E-state index contributed by atoms with van der Waals surface area (Å²) in [4.78, 5) is 14.0. The van der Waals surface area contributed by atoms with Crippen molar-refractivity contribution >= 4 is 28.3 Å². The Morgan fingerprint density at radius 2 is 1.79 bits per heavy atom. The van der Waals surface area contributed by atoms with Crippen molar-refractivity contribution in [2.75, 3.05) is 7.05 Å². The Kier molecular flexibility index (Phi) is 4.81. The Balaban J connectivity index is 1.73. The Hall–Kier alpha value is -2.39. The van der Waals surface area contributed by atoms with Crippen LogP contribution >= 0.6 is 11.6 Å². The lowest BCUT2D eigenvalue weighted by molar-refractivity contribution is -0.129. The number of halogens is 2. The number of amides is 1. The van der Waals surface area contributed by atoms with E-state index < -0.39 is 5.82 Å². The molecule has 24 heavy (non-hydrogen) atoms. The van der Waals surface area contributed by atoms with Gasteiger partial charge in [0, 0.05) is 24.2 Å². The number of carbonyl (C=O) groups is 1. The molecule has 0 aliphatic heterocycles. The average molecular weight is 342 g/mol. The van der Waals surface area contributed by atoms with Gasteiger partial charge in [-0.15, -0.1) is 0 Å². The number of nitrogens with zero attached hydrogens (tertiary/aromatic N) is 1. The predicted octanol–water partition coefficient (Wildman–Crippen LogP) is 4.83. The summed E-state index contributed by atoms with van der Waals surface area (Å²) in [5.74, 6) is -0.620. The highest BCUT2D eigenvalue weighted by Crippen LogP contribution is 2.21. The summed E-state index contributed by atoms with van der Waals surface area (Å²) in [5, 5.41) is 2.57. The van der Waals surface area contributed by atoms with E-state index in [1.54, 1.807) is 18.0 Å². The molecule has 3 aromatic rings. The van der Waals surface area contributed by atoms with Crippen molar-refractivity contribution in [3.8, 4) is 0 Å². The molecule has 3 rings (SSSR count). The van der Waals surface area contributed by atoms with Crippen LogP contribution in [0.15, 0.2) is 60.7 Å². The van der Waals surface area contributed by atoms with Crippen LogP contribution in [-0.2, 0) is 17.8 Å². The molecule has 0 saturated carbocycles. The number of likely N-dealkylation sites (N-methyl/N-ethyl adjacent to an activating group) is 1. The van der Waals surface area contributed by atoms with Crippen molar-refractivity contribution < 1.29 is 9.18 Å². The summed E-state index contributed by atoms with van der Waals surface area (Å²) in [5.41, 5.74) is 1.28. The van der Waals surface area contributed by atoms with Gasteiger partial charge in [0.1, 0.15) is 5.82 Å². The summed E-state index contributed by atoms with van der Waals surface area (Å²) in [6, 6.07) is 18.6. The summed E-state index contributed by atoms with van der Waals surface area (Å²) in [6.45, 7) is 0.468. The second-order valence-electron chi connectivity index (χ2n) is 5.81. The lowest BCUT2D eigenvalue weighted by Crippen LogP contribution is -2.28. The molecule has 0 fully saturated rings. The number of benzene rings is 3. The minimum Gasteiger partial charge on any atom is -0.341 e. The maximum Gasteiger partial charge on any atom is 0.227 e. The van der Waals surface area contributed by atoms with Crippen molar-refractivity contribution in [2.45, 2.75) is 13.0 Å². The Morgan fingerprint density at radius 3 is 2.54 bits per heavy atom. The van der Waals surface area contributed by atoms with Crippen LogP contribution in [0.3, 0.4) is 0 Å². The van der Waals surface area contributed by atoms with Gasteiger partial charge < -0.3 is 4.90 Å². The van der Waals surface area contributed by atoms with Crippen LogP contribution in [0.1, 0.15) is 11.1 Å². The van der Waals surface area contributed by atoms with Gasteiger partial charge >= 0.3 is 0 Å². The van der Waals surface area contributed by atoms with Gasteiger partial charge in [-0.25, -0.2) is 4.39 Å². The number of rotatable bonds is 4. The van der Waals surface area contributed by atoms with Crippen LogP contribution in [0.4, 0.5) is 4.39 Å². The quantitative estimate of drug-likeness (QED) is 0.665. The predicted molar refractivity (Wildman–Crippen MR) is 95.5 cm³/mol. The van der Waals surface area contributed by atoms with Crippen LogP contribution in [-0.4, -0.2) is 17.9 Å². The molecule has 0 aliphatic carbocycles. The lowest BCUT2D eigenvalue weighted by Gasteiger charge is -2.18. The number of hydrogen-bond donors (Lipinski definition) is 0. The van der Waals surface area contributed by atoms with Crippen molar-refractivity contribution in [2.24, 2.45) is 0 Å². The van der Waals surface area contributed by atoms with E-state index in [0.717, 1.165) is 16.3 Å². The largest absolute Gasteiger partial charge is 0.341 e. The number of hydrogen-bond acceptors (Lipinski definition) is 1. The Morgan fingerprint density at radius 1 is 1.04 bits per heavy atom. The van der Waals surface area contributed by atoms with Crippen molar-refractivity contribution in [3.63, 3.8) is 0 Å². The molecule has 122 valence electrons. The molecular formula is C20H17ClFNO. The third-order valence-corrected chi connectivity index (χ3v) is 4.40. The fraction of sp³-hybridized carbons (Fsp3) is 0.150. The lowest BCUT2D eigenvalue weighted by atomic mass is 10.1. The van der Waals surface area contributed by atoms with Crippen LogP contribution in [0, 0.1) is 5.82 Å². The van der Waals surface area contributed by atoms with Gasteiger partial charge in [0.05, 0.1) is 6.42 Å². The van der Waals surface area contributed by atoms with Crippen molar-refractivity contribution in [1.29, 1.82) is 0 Å². The maximum atomic E-state index is 13.8. The van der Waals surface area contributed by atoms with E-state index in [1.807, 2.05) is 36.4 Å². The molecule has 0 N–H and O–H groups in total. The monoisotopic (exact) mass is 341 g/mol. The van der Waals surface area contributed by atoms with Crippen molar-refractivity contribution in [1.82, 2.24) is 4.90 Å². The second-order valence-corrected chi connectivity index (χ2v) is 6.22. The highest BCUT2D eigenvalue weighted by molar-refractivity contribution is 6.31. The average Bonchev–Trinajstić information content (AvgIpc) is 2.58. The molecule has 4 heteroatoms. The van der Waals surface area contributed by atoms with Gasteiger partial charge in [-0.05, 0) is 34.5 Å². The van der Waals surface area contributed by atoms with Crippen LogP contribution < -0.4 is 0 Å². The molecule has 1 amide bonds.